The molecule has 4 N–H and O–H groups in total. The molecule has 10 heteroatoms. The maximum Gasteiger partial charge on any atom is 0.238 e. The van der Waals surface area contributed by atoms with E-state index in [4.69, 9.17) is 23.2 Å². The second-order valence-corrected chi connectivity index (χ2v) is 17.8. The number of carbonyl (C=O) groups excluding carboxylic acids is 2. The van der Waals surface area contributed by atoms with Crippen molar-refractivity contribution in [2.45, 2.75) is 112 Å². The van der Waals surface area contributed by atoms with E-state index in [9.17, 15) is 10.2 Å². The molecular weight excluding hydrogens is 736 g/mol. The van der Waals surface area contributed by atoms with Crippen LogP contribution < -0.4 is 10.6 Å². The van der Waals surface area contributed by atoms with Gasteiger partial charge in [0.05, 0.1) is 24.3 Å². The third-order valence-electron chi connectivity index (χ3n) is 13.2. The Morgan fingerprint density at radius 3 is 2.13 bits per heavy atom. The van der Waals surface area contributed by atoms with Crippen molar-refractivity contribution in [1.29, 1.82) is 0 Å². The first kappa shape index (κ1) is 38.1. The molecule has 2 amide bonds. The molecule has 4 aromatic rings. The summed E-state index contributed by atoms with van der Waals surface area (Å²) in [6, 6.07) is 26.8. The number of nitrogens with zero attached hydrogens (tertiary/aromatic N) is 1. The maximum absolute atomic E-state index is 15.8. The summed E-state index contributed by atoms with van der Waals surface area (Å²) in [7, 11) is 0. The van der Waals surface area contributed by atoms with Crippen LogP contribution in [0, 0.1) is 11.2 Å². The van der Waals surface area contributed by atoms with Crippen LogP contribution >= 0.6 is 23.2 Å². The van der Waals surface area contributed by atoms with Crippen molar-refractivity contribution >= 4 is 40.7 Å². The summed E-state index contributed by atoms with van der Waals surface area (Å²) in [5, 5.41) is 30.4. The van der Waals surface area contributed by atoms with Crippen molar-refractivity contribution in [3.63, 3.8) is 0 Å². The third kappa shape index (κ3) is 6.48. The fraction of sp³-hybridized carbons (Fsp3) is 0.422. The summed E-state index contributed by atoms with van der Waals surface area (Å²) < 4.78 is 15.8. The number of anilines is 1. The van der Waals surface area contributed by atoms with E-state index >= 15 is 14.0 Å². The highest BCUT2D eigenvalue weighted by atomic mass is 35.5. The molecule has 55 heavy (non-hydrogen) atoms. The summed E-state index contributed by atoms with van der Waals surface area (Å²) in [5.74, 6) is -2.14. The lowest BCUT2D eigenvalue weighted by molar-refractivity contribution is -0.137. The lowest BCUT2D eigenvalue weighted by atomic mass is 9.53. The molecule has 2 saturated carbocycles. The van der Waals surface area contributed by atoms with Crippen LogP contribution in [-0.2, 0) is 15.0 Å². The van der Waals surface area contributed by atoms with E-state index in [0.717, 1.165) is 18.4 Å². The average molecular weight is 785 g/mol. The van der Waals surface area contributed by atoms with Gasteiger partial charge in [0.2, 0.25) is 11.8 Å². The Balaban J connectivity index is 1.47. The van der Waals surface area contributed by atoms with Gasteiger partial charge < -0.3 is 20.8 Å². The topological polar surface area (TPSA) is 102 Å². The van der Waals surface area contributed by atoms with Gasteiger partial charge in [-0.05, 0) is 109 Å². The van der Waals surface area contributed by atoms with Gasteiger partial charge in [0, 0.05) is 33.2 Å². The number of hydrogen-bond donors (Lipinski definition) is 4. The Labute approximate surface area is 332 Å². The van der Waals surface area contributed by atoms with Gasteiger partial charge in [-0.25, -0.2) is 4.39 Å². The van der Waals surface area contributed by atoms with E-state index in [0.29, 0.717) is 65.9 Å². The van der Waals surface area contributed by atoms with Crippen LogP contribution in [0.1, 0.15) is 106 Å². The molecule has 4 aromatic carbocycles. The summed E-state index contributed by atoms with van der Waals surface area (Å²) >= 11 is 13.3. The van der Waals surface area contributed by atoms with Crippen LogP contribution in [0.3, 0.4) is 0 Å². The van der Waals surface area contributed by atoms with Crippen LogP contribution in [0.2, 0.25) is 10.0 Å². The Morgan fingerprint density at radius 1 is 0.855 bits per heavy atom. The van der Waals surface area contributed by atoms with Gasteiger partial charge in [-0.3, -0.25) is 14.5 Å². The van der Waals surface area contributed by atoms with Crippen LogP contribution in [0.15, 0.2) is 97.1 Å². The highest BCUT2D eigenvalue weighted by Gasteiger charge is 2.77. The zero-order valence-corrected chi connectivity index (χ0v) is 32.7. The number of halogens is 3. The van der Waals surface area contributed by atoms with Gasteiger partial charge in [-0.15, -0.1) is 0 Å². The normalized spacial score (nSPS) is 28.1. The minimum Gasteiger partial charge on any atom is -0.393 e. The Kier molecular flexibility index (Phi) is 10.1. The lowest BCUT2D eigenvalue weighted by Crippen LogP contribution is -2.64. The third-order valence-corrected chi connectivity index (χ3v) is 13.6. The second kappa shape index (κ2) is 14.6. The minimum atomic E-state index is -1.45. The molecule has 2 aliphatic carbocycles. The summed E-state index contributed by atoms with van der Waals surface area (Å²) in [6.45, 7) is 4.46. The zero-order valence-electron chi connectivity index (χ0n) is 31.2. The first-order valence-corrected chi connectivity index (χ1v) is 20.2. The number of amides is 2. The first-order chi connectivity index (χ1) is 26.3. The van der Waals surface area contributed by atoms with Gasteiger partial charge in [0.25, 0.3) is 0 Å². The maximum atomic E-state index is 15.8. The molecular formula is C45H48Cl2FN3O4. The smallest absolute Gasteiger partial charge is 0.238 e. The predicted octanol–water partition coefficient (Wildman–Crippen LogP) is 9.02. The number of likely N-dealkylation sites (tertiary alicyclic amines) is 1. The van der Waals surface area contributed by atoms with E-state index in [1.54, 1.807) is 18.2 Å². The van der Waals surface area contributed by atoms with Gasteiger partial charge in [0.15, 0.2) is 0 Å². The number of hydrogen-bond acceptors (Lipinski definition) is 5. The zero-order chi connectivity index (χ0) is 38.7. The number of carbonyl (C=O) groups is 2. The summed E-state index contributed by atoms with van der Waals surface area (Å²) in [4.78, 5) is 33.4. The van der Waals surface area contributed by atoms with E-state index in [1.165, 1.54) is 12.1 Å². The van der Waals surface area contributed by atoms with Crippen molar-refractivity contribution in [3.8, 4) is 0 Å². The van der Waals surface area contributed by atoms with Crippen molar-refractivity contribution in [1.82, 2.24) is 10.2 Å². The van der Waals surface area contributed by atoms with Crippen LogP contribution in [-0.4, -0.2) is 50.7 Å². The van der Waals surface area contributed by atoms with Crippen molar-refractivity contribution < 1.29 is 24.2 Å². The molecule has 0 bridgehead atoms. The van der Waals surface area contributed by atoms with Gasteiger partial charge in [0.1, 0.15) is 11.2 Å². The summed E-state index contributed by atoms with van der Waals surface area (Å²) in [6.07, 6.45) is 3.24. The summed E-state index contributed by atoms with van der Waals surface area (Å²) in [5.41, 5.74) is 0.518. The molecule has 8 rings (SSSR count). The standard InChI is InChI=1S/C45H48Cl2FN3O4/c1-43(2)19-21-44(22-20-43)45(35-18-13-30(46)26-36(35)50-42(45)55)37(29-23-31(47)25-32(48)24-29)39(41(54)49-33-14-16-34(52)17-15-33)51(44)38(27-9-5-3-6-10-27)40(53)28-11-7-4-8-12-28/h3-13,18,23-26,33-34,37-40,52-53H,14-17,19-22H2,1-2H3,(H,49,54)(H,50,55)/t33-,34-,37-,38+,39+,40-,45+/m0/s1. The number of rotatable bonds is 7. The van der Waals surface area contributed by atoms with Crippen LogP contribution in [0.4, 0.5) is 10.1 Å². The predicted molar refractivity (Wildman–Crippen MR) is 214 cm³/mol. The molecule has 4 aliphatic rings. The largest absolute Gasteiger partial charge is 0.393 e. The van der Waals surface area contributed by atoms with Crippen molar-refractivity contribution in [2.24, 2.45) is 5.41 Å². The Bertz CT molecular complexity index is 2040. The highest BCUT2D eigenvalue weighted by molar-refractivity contribution is 6.31. The molecule has 0 radical (unpaired) electrons. The van der Waals surface area contributed by atoms with Crippen molar-refractivity contribution in [3.05, 3.63) is 135 Å². The number of aliphatic hydroxyl groups excluding tert-OH is 2. The number of nitrogens with one attached hydrogen (secondary N) is 2. The van der Waals surface area contributed by atoms with Gasteiger partial charge in [-0.2, -0.15) is 0 Å². The van der Waals surface area contributed by atoms with E-state index in [1.807, 2.05) is 66.7 Å². The molecule has 5 atom stereocenters. The number of fused-ring (bicyclic) bond motifs is 3. The van der Waals surface area contributed by atoms with Crippen LogP contribution in [0.25, 0.3) is 0 Å². The average Bonchev–Trinajstić information content (AvgIpc) is 3.59. The molecule has 7 nitrogen and oxygen atoms in total. The molecule has 0 aromatic heterocycles. The Hall–Kier alpha value is -3.79. The van der Waals surface area contributed by atoms with Gasteiger partial charge >= 0.3 is 0 Å². The fourth-order valence-corrected chi connectivity index (χ4v) is 11.0. The lowest BCUT2D eigenvalue weighted by Gasteiger charge is -2.56. The number of aliphatic hydroxyl groups is 2. The molecule has 3 fully saturated rings. The van der Waals surface area contributed by atoms with Crippen LogP contribution in [0.5, 0.6) is 0 Å². The fourth-order valence-electron chi connectivity index (χ4n) is 10.6. The first-order valence-electron chi connectivity index (χ1n) is 19.5. The van der Waals surface area contributed by atoms with Gasteiger partial charge in [-0.1, -0.05) is 104 Å². The molecule has 288 valence electrons. The van der Waals surface area contributed by atoms with E-state index in [2.05, 4.69) is 29.4 Å². The van der Waals surface area contributed by atoms with Crippen molar-refractivity contribution in [2.75, 3.05) is 5.32 Å². The second-order valence-electron chi connectivity index (χ2n) is 16.9. The number of benzene rings is 4. The molecule has 2 heterocycles. The molecule has 0 unspecified atom stereocenters. The van der Waals surface area contributed by atoms with E-state index in [-0.39, 0.29) is 28.3 Å². The highest BCUT2D eigenvalue weighted by Crippen LogP contribution is 2.69. The SMILES string of the molecule is CC1(C)CCC2(CC1)N([C@H](c1ccccc1)[C@@H](O)c1ccccc1)[C@@H](C(=O)N[C@H]1CC[C@H](O)CC1)[C@H](c1cc(F)cc(Cl)c1)[C@]21C(=O)Nc2cc(Cl)ccc21. The quantitative estimate of drug-likeness (QED) is 0.150. The molecule has 2 spiro atoms. The molecule has 2 aliphatic heterocycles. The van der Waals surface area contributed by atoms with E-state index < -0.39 is 47.0 Å². The molecule has 1 saturated heterocycles. The minimum absolute atomic E-state index is 0.0722. The monoisotopic (exact) mass is 783 g/mol. The Morgan fingerprint density at radius 2 is 1.49 bits per heavy atom.